The van der Waals surface area contributed by atoms with E-state index in [0.29, 0.717) is 5.01 Å². The van der Waals surface area contributed by atoms with Gasteiger partial charge in [0.1, 0.15) is 6.04 Å². The summed E-state index contributed by atoms with van der Waals surface area (Å²) in [6.45, 7) is -0.0764. The first-order chi connectivity index (χ1) is 7.40. The summed E-state index contributed by atoms with van der Waals surface area (Å²) < 4.78 is 4.39. The van der Waals surface area contributed by atoms with E-state index < -0.39 is 23.0 Å². The van der Waals surface area contributed by atoms with Crippen LogP contribution in [0.2, 0.25) is 0 Å². The van der Waals surface area contributed by atoms with Crippen LogP contribution in [0.1, 0.15) is 12.8 Å². The summed E-state index contributed by atoms with van der Waals surface area (Å²) in [6, 6.07) is -0.814. The molecule has 0 aromatic heterocycles. The fourth-order valence-corrected chi connectivity index (χ4v) is 1.02. The number of nitro groups is 1. The Kier molecular flexibility index (Phi) is 5.78. The summed E-state index contributed by atoms with van der Waals surface area (Å²) in [4.78, 5) is 21.3. The Hall–Kier alpha value is -1.90. The van der Waals surface area contributed by atoms with Crippen LogP contribution >= 0.6 is 0 Å². The lowest BCUT2D eigenvalue weighted by atomic mass is 10.2. The van der Waals surface area contributed by atoms with Gasteiger partial charge in [-0.1, -0.05) is 5.01 Å². The molecule has 0 amide bonds. The van der Waals surface area contributed by atoms with Gasteiger partial charge in [-0.3, -0.25) is 10.2 Å². The molecular formula is C7H15N5O4. The minimum Gasteiger partial charge on any atom is -0.468 e. The van der Waals surface area contributed by atoms with Crippen molar-refractivity contribution in [3.05, 3.63) is 10.1 Å². The molecule has 0 aromatic rings. The maximum atomic E-state index is 10.9. The van der Waals surface area contributed by atoms with Crippen molar-refractivity contribution in [2.75, 3.05) is 13.7 Å². The fraction of sp³-hybridized carbons (Fsp3) is 0.714. The van der Waals surface area contributed by atoms with E-state index >= 15 is 0 Å². The number of esters is 1. The number of guanidine groups is 1. The van der Waals surface area contributed by atoms with E-state index in [1.54, 1.807) is 0 Å². The van der Waals surface area contributed by atoms with Gasteiger partial charge in [0.25, 0.3) is 5.96 Å². The largest absolute Gasteiger partial charge is 0.468 e. The van der Waals surface area contributed by atoms with E-state index in [-0.39, 0.29) is 19.4 Å². The Balaban J connectivity index is 4.00. The second-order valence-electron chi connectivity index (χ2n) is 3.02. The maximum Gasteiger partial charge on any atom is 0.322 e. The molecule has 0 heterocycles. The van der Waals surface area contributed by atoms with Crippen molar-refractivity contribution < 1.29 is 14.6 Å². The topological polar surface area (TPSA) is 149 Å². The Morgan fingerprint density at radius 3 is 2.62 bits per heavy atom. The van der Waals surface area contributed by atoms with Crippen molar-refractivity contribution in [3.8, 4) is 0 Å². The highest BCUT2D eigenvalue weighted by molar-refractivity contribution is 5.75. The Bertz CT molecular complexity index is 268. The zero-order valence-corrected chi connectivity index (χ0v) is 8.88. The lowest BCUT2D eigenvalue weighted by molar-refractivity contribution is -0.629. The number of ether oxygens (including phenoxy) is 1. The quantitative estimate of drug-likeness (QED) is 0.169. The molecule has 0 aliphatic heterocycles. The van der Waals surface area contributed by atoms with Crippen LogP contribution in [-0.4, -0.2) is 41.7 Å². The molecule has 0 spiro atoms. The number of rotatable bonds is 6. The van der Waals surface area contributed by atoms with Crippen LogP contribution in [-0.2, 0) is 9.53 Å². The zero-order chi connectivity index (χ0) is 12.7. The second kappa shape index (κ2) is 6.56. The Morgan fingerprint density at radius 2 is 2.25 bits per heavy atom. The molecule has 0 saturated carbocycles. The fourth-order valence-electron chi connectivity index (χ4n) is 1.02. The molecule has 0 unspecified atom stereocenters. The number of nitrogens with one attached hydrogen (secondary N) is 1. The highest BCUT2D eigenvalue weighted by atomic mass is 16.7. The van der Waals surface area contributed by atoms with Crippen LogP contribution in [0.15, 0.2) is 0 Å². The third-order valence-electron chi connectivity index (χ3n) is 1.86. The van der Waals surface area contributed by atoms with Gasteiger partial charge in [-0.2, -0.15) is 0 Å². The number of carbonyl (C=O) groups excluding carboxylic acids is 1. The van der Waals surface area contributed by atoms with Crippen LogP contribution in [0.25, 0.3) is 0 Å². The third-order valence-corrected chi connectivity index (χ3v) is 1.86. The van der Waals surface area contributed by atoms with Crippen LogP contribution in [0, 0.1) is 15.5 Å². The van der Waals surface area contributed by atoms with Gasteiger partial charge in [0.2, 0.25) is 0 Å². The summed E-state index contributed by atoms with van der Waals surface area (Å²) in [7, 11) is 1.21. The van der Waals surface area contributed by atoms with Gasteiger partial charge < -0.3 is 16.2 Å². The number of hydrogen-bond donors (Lipinski definition) is 3. The number of hydrogen-bond acceptors (Lipinski definition) is 6. The predicted molar refractivity (Wildman–Crippen MR) is 54.8 cm³/mol. The SMILES string of the molecule is COC(=O)[C@H](N)CCCN(C(=N)N)[N+](=O)[O-]. The van der Waals surface area contributed by atoms with Crippen LogP contribution in [0.4, 0.5) is 0 Å². The van der Waals surface area contributed by atoms with Crippen molar-refractivity contribution in [2.24, 2.45) is 11.5 Å². The zero-order valence-electron chi connectivity index (χ0n) is 8.88. The van der Waals surface area contributed by atoms with Crippen LogP contribution in [0.3, 0.4) is 0 Å². The third kappa shape index (κ3) is 4.55. The standard InChI is InChI=1S/C7H15N5O4/c1-16-6(13)5(8)3-2-4-11(7(9)10)12(14)15/h5H,2-4,8H2,1H3,(H3,9,10)/t5-/m1/s1. The summed E-state index contributed by atoms with van der Waals surface area (Å²) in [5, 5.41) is 17.0. The van der Waals surface area contributed by atoms with E-state index in [4.69, 9.17) is 16.9 Å². The van der Waals surface area contributed by atoms with E-state index in [2.05, 4.69) is 4.74 Å². The van der Waals surface area contributed by atoms with Crippen molar-refractivity contribution in [1.82, 2.24) is 5.01 Å². The Morgan fingerprint density at radius 1 is 1.69 bits per heavy atom. The minimum absolute atomic E-state index is 0.0764. The molecule has 0 rings (SSSR count). The summed E-state index contributed by atoms with van der Waals surface area (Å²) >= 11 is 0. The van der Waals surface area contributed by atoms with E-state index in [9.17, 15) is 14.9 Å². The first-order valence-electron chi connectivity index (χ1n) is 4.49. The summed E-state index contributed by atoms with van der Waals surface area (Å²) in [5.74, 6) is -1.23. The van der Waals surface area contributed by atoms with E-state index in [1.165, 1.54) is 7.11 Å². The number of carbonyl (C=O) groups is 1. The lowest BCUT2D eigenvalue weighted by Gasteiger charge is -2.13. The molecule has 9 heteroatoms. The van der Waals surface area contributed by atoms with Crippen molar-refractivity contribution >= 4 is 11.9 Å². The van der Waals surface area contributed by atoms with Gasteiger partial charge >= 0.3 is 5.97 Å². The highest BCUT2D eigenvalue weighted by Gasteiger charge is 2.19. The van der Waals surface area contributed by atoms with E-state index in [1.807, 2.05) is 0 Å². The number of hydrazine groups is 1. The van der Waals surface area contributed by atoms with Gasteiger partial charge in [0.15, 0.2) is 5.03 Å². The average molecular weight is 233 g/mol. The van der Waals surface area contributed by atoms with Crippen molar-refractivity contribution in [2.45, 2.75) is 18.9 Å². The van der Waals surface area contributed by atoms with Crippen LogP contribution in [0.5, 0.6) is 0 Å². The molecule has 5 N–H and O–H groups in total. The van der Waals surface area contributed by atoms with E-state index in [0.717, 1.165) is 0 Å². The molecule has 0 aliphatic carbocycles. The summed E-state index contributed by atoms with van der Waals surface area (Å²) in [6.07, 6.45) is 0.487. The highest BCUT2D eigenvalue weighted by Crippen LogP contribution is 1.99. The van der Waals surface area contributed by atoms with Gasteiger partial charge in [-0.25, -0.2) is 10.1 Å². The number of nitrogens with zero attached hydrogens (tertiary/aromatic N) is 2. The van der Waals surface area contributed by atoms with Crippen LogP contribution < -0.4 is 11.5 Å². The average Bonchev–Trinajstić information content (AvgIpc) is 2.21. The molecule has 92 valence electrons. The van der Waals surface area contributed by atoms with Crippen molar-refractivity contribution in [3.63, 3.8) is 0 Å². The summed E-state index contributed by atoms with van der Waals surface area (Å²) in [5.41, 5.74) is 10.4. The predicted octanol–water partition coefficient (Wildman–Crippen LogP) is -1.35. The molecular weight excluding hydrogens is 218 g/mol. The monoisotopic (exact) mass is 233 g/mol. The normalized spacial score (nSPS) is 11.6. The molecule has 0 radical (unpaired) electrons. The molecule has 1 atom stereocenters. The number of nitrogens with two attached hydrogens (primary N) is 2. The van der Waals surface area contributed by atoms with Gasteiger partial charge in [-0.05, 0) is 12.8 Å². The molecule has 0 fully saturated rings. The molecule has 16 heavy (non-hydrogen) atoms. The second-order valence-corrected chi connectivity index (χ2v) is 3.02. The molecule has 0 aliphatic rings. The maximum absolute atomic E-state index is 10.9. The minimum atomic E-state index is -0.814. The first-order valence-corrected chi connectivity index (χ1v) is 4.49. The van der Waals surface area contributed by atoms with Crippen molar-refractivity contribution in [1.29, 1.82) is 5.41 Å². The molecule has 0 bridgehead atoms. The number of methoxy groups -OCH3 is 1. The molecule has 0 saturated heterocycles. The Labute approximate surface area is 92.0 Å². The van der Waals surface area contributed by atoms with Gasteiger partial charge in [-0.15, -0.1) is 0 Å². The molecule has 9 nitrogen and oxygen atoms in total. The molecule has 0 aromatic carbocycles. The van der Waals surface area contributed by atoms with Gasteiger partial charge in [0.05, 0.1) is 13.7 Å². The smallest absolute Gasteiger partial charge is 0.322 e. The first kappa shape index (κ1) is 14.1. The lowest BCUT2D eigenvalue weighted by Crippen LogP contribution is -2.42. The van der Waals surface area contributed by atoms with Gasteiger partial charge in [0, 0.05) is 0 Å².